The van der Waals surface area contributed by atoms with Gasteiger partial charge < -0.3 is 5.32 Å². The molecule has 17 heavy (non-hydrogen) atoms. The van der Waals surface area contributed by atoms with Gasteiger partial charge >= 0.3 is 0 Å². The lowest BCUT2D eigenvalue weighted by Crippen LogP contribution is -2.38. The molecule has 1 fully saturated rings. The molecule has 1 heteroatoms. The van der Waals surface area contributed by atoms with Crippen LogP contribution in [0.1, 0.15) is 60.8 Å². The van der Waals surface area contributed by atoms with E-state index in [-0.39, 0.29) is 0 Å². The minimum Gasteiger partial charge on any atom is -0.314 e. The third-order valence-corrected chi connectivity index (χ3v) is 4.68. The van der Waals surface area contributed by atoms with Gasteiger partial charge in [-0.25, -0.2) is 0 Å². The lowest BCUT2D eigenvalue weighted by molar-refractivity contribution is 0.109. The van der Waals surface area contributed by atoms with Crippen LogP contribution in [0.5, 0.6) is 0 Å². The van der Waals surface area contributed by atoms with Crippen molar-refractivity contribution >= 4 is 0 Å². The van der Waals surface area contributed by atoms with Crippen LogP contribution in [-0.4, -0.2) is 12.6 Å². The van der Waals surface area contributed by atoms with Gasteiger partial charge in [0.15, 0.2) is 0 Å². The summed E-state index contributed by atoms with van der Waals surface area (Å²) in [4.78, 5) is 0. The van der Waals surface area contributed by atoms with Crippen molar-refractivity contribution in [2.45, 2.75) is 66.8 Å². The molecule has 0 spiro atoms. The van der Waals surface area contributed by atoms with Gasteiger partial charge in [-0.15, -0.1) is 0 Å². The third-order valence-electron chi connectivity index (χ3n) is 4.68. The maximum absolute atomic E-state index is 3.64. The molecule has 3 atom stereocenters. The molecule has 0 aromatic heterocycles. The van der Waals surface area contributed by atoms with E-state index in [1.807, 2.05) is 0 Å². The van der Waals surface area contributed by atoms with Gasteiger partial charge in [-0.3, -0.25) is 0 Å². The van der Waals surface area contributed by atoms with Crippen LogP contribution in [0.15, 0.2) is 0 Å². The van der Waals surface area contributed by atoms with Gasteiger partial charge in [-0.2, -0.15) is 0 Å². The van der Waals surface area contributed by atoms with Crippen molar-refractivity contribution in [1.29, 1.82) is 0 Å². The number of nitrogens with one attached hydrogen (secondary N) is 1. The number of hydrogen-bond acceptors (Lipinski definition) is 1. The second-order valence-corrected chi connectivity index (χ2v) is 7.05. The molecule has 0 amide bonds. The van der Waals surface area contributed by atoms with Gasteiger partial charge in [0.1, 0.15) is 0 Å². The predicted octanol–water partition coefficient (Wildman–Crippen LogP) is 4.33. The standard InChI is InChI=1S/C16H33N/c1-11(2)14-7-8-15(10-17-13(5)6)16(9-14)12(3)4/h11-17H,7-10H2,1-6H3. The van der Waals surface area contributed by atoms with E-state index in [4.69, 9.17) is 0 Å². The van der Waals surface area contributed by atoms with Gasteiger partial charge in [-0.05, 0) is 55.4 Å². The fourth-order valence-corrected chi connectivity index (χ4v) is 3.36. The second kappa shape index (κ2) is 6.78. The van der Waals surface area contributed by atoms with Crippen LogP contribution in [0.3, 0.4) is 0 Å². The fourth-order valence-electron chi connectivity index (χ4n) is 3.36. The molecule has 0 aromatic rings. The van der Waals surface area contributed by atoms with Crippen LogP contribution >= 0.6 is 0 Å². The SMILES string of the molecule is CC(C)NCC1CCC(C(C)C)CC1C(C)C. The Labute approximate surface area is 109 Å². The Hall–Kier alpha value is -0.0400. The van der Waals surface area contributed by atoms with E-state index in [9.17, 15) is 0 Å². The van der Waals surface area contributed by atoms with Crippen molar-refractivity contribution in [2.75, 3.05) is 6.54 Å². The highest BCUT2D eigenvalue weighted by atomic mass is 14.9. The summed E-state index contributed by atoms with van der Waals surface area (Å²) < 4.78 is 0. The highest BCUT2D eigenvalue weighted by Crippen LogP contribution is 2.40. The first-order valence-electron chi connectivity index (χ1n) is 7.65. The monoisotopic (exact) mass is 239 g/mol. The van der Waals surface area contributed by atoms with Crippen molar-refractivity contribution in [3.8, 4) is 0 Å². The summed E-state index contributed by atoms with van der Waals surface area (Å²) in [6.45, 7) is 15.4. The summed E-state index contributed by atoms with van der Waals surface area (Å²) >= 11 is 0. The molecule has 1 rings (SSSR count). The third kappa shape index (κ3) is 4.62. The highest BCUT2D eigenvalue weighted by Gasteiger charge is 2.33. The summed E-state index contributed by atoms with van der Waals surface area (Å²) in [6, 6.07) is 0.630. The van der Waals surface area contributed by atoms with Crippen molar-refractivity contribution in [3.63, 3.8) is 0 Å². The fraction of sp³-hybridized carbons (Fsp3) is 1.00. The van der Waals surface area contributed by atoms with Gasteiger partial charge in [0.25, 0.3) is 0 Å². The Bertz CT molecular complexity index is 208. The van der Waals surface area contributed by atoms with E-state index in [2.05, 4.69) is 46.9 Å². The average molecular weight is 239 g/mol. The minimum absolute atomic E-state index is 0.630. The lowest BCUT2D eigenvalue weighted by atomic mass is 9.67. The van der Waals surface area contributed by atoms with Crippen LogP contribution in [0, 0.1) is 29.6 Å². The van der Waals surface area contributed by atoms with E-state index < -0.39 is 0 Å². The minimum atomic E-state index is 0.630. The smallest absolute Gasteiger partial charge is 0.00104 e. The Morgan fingerprint density at radius 1 is 0.941 bits per heavy atom. The summed E-state index contributed by atoms with van der Waals surface area (Å²) in [5.74, 6) is 4.53. The van der Waals surface area contributed by atoms with Gasteiger partial charge in [0.05, 0.1) is 0 Å². The van der Waals surface area contributed by atoms with Crippen LogP contribution in [0.2, 0.25) is 0 Å². The van der Waals surface area contributed by atoms with Crippen LogP contribution in [0.4, 0.5) is 0 Å². The molecular formula is C16H33N. The zero-order valence-electron chi connectivity index (χ0n) is 12.8. The molecule has 0 saturated heterocycles. The molecule has 0 heterocycles. The Morgan fingerprint density at radius 3 is 2.06 bits per heavy atom. The van der Waals surface area contributed by atoms with Gasteiger partial charge in [-0.1, -0.05) is 41.5 Å². The Kier molecular flexibility index (Phi) is 5.99. The van der Waals surface area contributed by atoms with Crippen LogP contribution < -0.4 is 5.32 Å². The van der Waals surface area contributed by atoms with Crippen LogP contribution in [-0.2, 0) is 0 Å². The molecule has 0 radical (unpaired) electrons. The molecule has 1 aliphatic carbocycles. The topological polar surface area (TPSA) is 12.0 Å². The van der Waals surface area contributed by atoms with E-state index in [1.54, 1.807) is 0 Å². The number of rotatable bonds is 5. The van der Waals surface area contributed by atoms with E-state index >= 15 is 0 Å². The molecular weight excluding hydrogens is 206 g/mol. The largest absolute Gasteiger partial charge is 0.314 e. The maximum Gasteiger partial charge on any atom is 0.00104 e. The molecule has 1 nitrogen and oxygen atoms in total. The Balaban J connectivity index is 2.53. The van der Waals surface area contributed by atoms with Crippen molar-refractivity contribution in [1.82, 2.24) is 5.32 Å². The first-order valence-corrected chi connectivity index (χ1v) is 7.65. The predicted molar refractivity (Wildman–Crippen MR) is 77.1 cm³/mol. The zero-order chi connectivity index (χ0) is 13.0. The van der Waals surface area contributed by atoms with Gasteiger partial charge in [0, 0.05) is 6.04 Å². The molecule has 0 aliphatic heterocycles. The summed E-state index contributed by atoms with van der Waals surface area (Å²) in [6.07, 6.45) is 4.34. The first kappa shape index (κ1) is 15.0. The maximum atomic E-state index is 3.64. The summed E-state index contributed by atoms with van der Waals surface area (Å²) in [5, 5.41) is 3.64. The second-order valence-electron chi connectivity index (χ2n) is 7.05. The molecule has 1 saturated carbocycles. The molecule has 1 N–H and O–H groups in total. The molecule has 3 unspecified atom stereocenters. The molecule has 102 valence electrons. The van der Waals surface area contributed by atoms with Crippen molar-refractivity contribution in [2.24, 2.45) is 29.6 Å². The van der Waals surface area contributed by atoms with E-state index in [1.165, 1.54) is 25.8 Å². The average Bonchev–Trinajstić information content (AvgIpc) is 2.25. The quantitative estimate of drug-likeness (QED) is 0.753. The Morgan fingerprint density at radius 2 is 1.59 bits per heavy atom. The van der Waals surface area contributed by atoms with E-state index in [0.717, 1.165) is 29.6 Å². The first-order chi connectivity index (χ1) is 7.91. The van der Waals surface area contributed by atoms with Crippen molar-refractivity contribution in [3.05, 3.63) is 0 Å². The zero-order valence-corrected chi connectivity index (χ0v) is 12.8. The molecule has 0 bridgehead atoms. The van der Waals surface area contributed by atoms with Gasteiger partial charge in [0.2, 0.25) is 0 Å². The summed E-state index contributed by atoms with van der Waals surface area (Å²) in [7, 11) is 0. The van der Waals surface area contributed by atoms with Crippen LogP contribution in [0.25, 0.3) is 0 Å². The normalized spacial score (nSPS) is 30.5. The summed E-state index contributed by atoms with van der Waals surface area (Å²) in [5.41, 5.74) is 0. The molecule has 0 aromatic carbocycles. The number of hydrogen-bond donors (Lipinski definition) is 1. The van der Waals surface area contributed by atoms with E-state index in [0.29, 0.717) is 6.04 Å². The highest BCUT2D eigenvalue weighted by molar-refractivity contribution is 4.84. The van der Waals surface area contributed by atoms with Crippen molar-refractivity contribution < 1.29 is 0 Å². The lowest BCUT2D eigenvalue weighted by Gasteiger charge is -2.40. The molecule has 1 aliphatic rings.